The van der Waals surface area contributed by atoms with Crippen LogP contribution in [0.1, 0.15) is 32.1 Å². The maximum absolute atomic E-state index is 9.83. The fraction of sp³-hybridized carbons (Fsp3) is 1.00. The third-order valence-corrected chi connectivity index (χ3v) is 4.18. The Morgan fingerprint density at radius 3 is 1.44 bits per heavy atom. The molecule has 16 heavy (non-hydrogen) atoms. The lowest BCUT2D eigenvalue weighted by molar-refractivity contribution is -0.0919. The maximum atomic E-state index is 9.83. The molecule has 0 atom stereocenters. The molecule has 5 nitrogen and oxygen atoms in total. The van der Waals surface area contributed by atoms with Gasteiger partial charge >= 0.3 is 10.4 Å². The summed E-state index contributed by atoms with van der Waals surface area (Å²) in [6, 6.07) is 0. The van der Waals surface area contributed by atoms with E-state index in [0.717, 1.165) is 11.8 Å². The summed E-state index contributed by atoms with van der Waals surface area (Å²) >= 11 is 0. The summed E-state index contributed by atoms with van der Waals surface area (Å²) < 4.78 is 31.6. The van der Waals surface area contributed by atoms with Crippen molar-refractivity contribution in [2.24, 2.45) is 23.7 Å². The summed E-state index contributed by atoms with van der Waals surface area (Å²) in [4.78, 5) is 0. The summed E-state index contributed by atoms with van der Waals surface area (Å²) in [5.41, 5.74) is 0. The van der Waals surface area contributed by atoms with Crippen LogP contribution in [-0.2, 0) is 10.4 Å². The zero-order chi connectivity index (χ0) is 11.9. The molecule has 0 unspecified atom stereocenters. The molecule has 3 N–H and O–H groups in total. The quantitative estimate of drug-likeness (QED) is 0.561. The van der Waals surface area contributed by atoms with Crippen molar-refractivity contribution in [2.45, 2.75) is 38.2 Å². The summed E-state index contributed by atoms with van der Waals surface area (Å²) in [7, 11) is -4.67. The Hall–Kier alpha value is -0.170. The van der Waals surface area contributed by atoms with E-state index in [1.807, 2.05) is 0 Å². The van der Waals surface area contributed by atoms with Crippen molar-refractivity contribution in [3.8, 4) is 0 Å². The Labute approximate surface area is 95.4 Å². The molecule has 4 fully saturated rings. The summed E-state index contributed by atoms with van der Waals surface area (Å²) in [5.74, 6) is 3.40. The van der Waals surface area contributed by atoms with Crippen molar-refractivity contribution < 1.29 is 22.6 Å². The van der Waals surface area contributed by atoms with Crippen LogP contribution in [0.5, 0.6) is 0 Å². The molecule has 4 aliphatic carbocycles. The van der Waals surface area contributed by atoms with Crippen LogP contribution >= 0.6 is 0 Å². The van der Waals surface area contributed by atoms with Gasteiger partial charge in [0.15, 0.2) is 0 Å². The largest absolute Gasteiger partial charge is 0.394 e. The van der Waals surface area contributed by atoms with E-state index in [0.29, 0.717) is 11.8 Å². The van der Waals surface area contributed by atoms with Crippen LogP contribution in [0.2, 0.25) is 0 Å². The molecular weight excluding hydrogens is 232 g/mol. The number of hydrogen-bond acceptors (Lipinski definition) is 3. The van der Waals surface area contributed by atoms with Gasteiger partial charge in [-0.25, -0.2) is 0 Å². The van der Waals surface area contributed by atoms with Gasteiger partial charge in [-0.05, 0) is 55.8 Å². The lowest BCUT2D eigenvalue weighted by Gasteiger charge is -2.52. The van der Waals surface area contributed by atoms with Gasteiger partial charge in [0.05, 0.1) is 6.10 Å². The minimum Gasteiger partial charge on any atom is -0.393 e. The first-order chi connectivity index (χ1) is 7.33. The smallest absolute Gasteiger partial charge is 0.393 e. The predicted octanol–water partition coefficient (Wildman–Crippen LogP) is 1.15. The predicted molar refractivity (Wildman–Crippen MR) is 57.2 cm³/mol. The van der Waals surface area contributed by atoms with Crippen LogP contribution < -0.4 is 0 Å². The van der Waals surface area contributed by atoms with Crippen molar-refractivity contribution >= 4 is 10.4 Å². The first-order valence-electron chi connectivity index (χ1n) is 5.71. The fourth-order valence-electron chi connectivity index (χ4n) is 3.90. The molecule has 4 rings (SSSR count). The van der Waals surface area contributed by atoms with E-state index in [9.17, 15) is 5.11 Å². The lowest BCUT2D eigenvalue weighted by Crippen LogP contribution is -2.48. The Bertz CT molecular complexity index is 314. The van der Waals surface area contributed by atoms with E-state index in [2.05, 4.69) is 0 Å². The molecule has 4 aliphatic rings. The first-order valence-corrected chi connectivity index (χ1v) is 7.10. The lowest BCUT2D eigenvalue weighted by atomic mass is 9.55. The molecule has 0 aromatic rings. The van der Waals surface area contributed by atoms with E-state index in [4.69, 9.17) is 17.5 Å². The van der Waals surface area contributed by atoms with Crippen molar-refractivity contribution in [3.05, 3.63) is 0 Å². The second-order valence-corrected chi connectivity index (χ2v) is 6.26. The molecule has 4 bridgehead atoms. The summed E-state index contributed by atoms with van der Waals surface area (Å²) in [6.07, 6.45) is 6.94. The van der Waals surface area contributed by atoms with Gasteiger partial charge < -0.3 is 5.11 Å². The van der Waals surface area contributed by atoms with Crippen LogP contribution in [0.4, 0.5) is 0 Å². The highest BCUT2D eigenvalue weighted by Gasteiger charge is 2.47. The SMILES string of the molecule is O=S(=O)(O)O.OC1C2CC3CC(C2)CC1C3. The second-order valence-electron chi connectivity index (χ2n) is 5.37. The van der Waals surface area contributed by atoms with Gasteiger partial charge in [-0.2, -0.15) is 8.42 Å². The Morgan fingerprint density at radius 2 is 1.12 bits per heavy atom. The topological polar surface area (TPSA) is 94.8 Å². The van der Waals surface area contributed by atoms with Gasteiger partial charge in [0.2, 0.25) is 0 Å². The van der Waals surface area contributed by atoms with Crippen LogP contribution in [0.25, 0.3) is 0 Å². The van der Waals surface area contributed by atoms with Crippen LogP contribution in [0, 0.1) is 23.7 Å². The van der Waals surface area contributed by atoms with E-state index in [-0.39, 0.29) is 6.10 Å². The average molecular weight is 250 g/mol. The first kappa shape index (κ1) is 12.3. The number of aliphatic hydroxyl groups is 1. The molecule has 0 radical (unpaired) electrons. The molecule has 0 saturated heterocycles. The van der Waals surface area contributed by atoms with Crippen LogP contribution in [0.3, 0.4) is 0 Å². The normalized spacial score (nSPS) is 45.1. The fourth-order valence-corrected chi connectivity index (χ4v) is 3.90. The summed E-state index contributed by atoms with van der Waals surface area (Å²) in [6.45, 7) is 0. The number of rotatable bonds is 0. The standard InChI is InChI=1S/C10H16O.H2O4S/c11-10-8-2-6-1-7(4-8)5-9(10)3-6;1-5(2,3)4/h6-11H,1-5H2;(H2,1,2,3,4). The molecule has 4 saturated carbocycles. The molecule has 6 heteroatoms. The maximum Gasteiger partial charge on any atom is 0.394 e. The van der Waals surface area contributed by atoms with Crippen molar-refractivity contribution in [1.82, 2.24) is 0 Å². The Morgan fingerprint density at radius 1 is 0.812 bits per heavy atom. The van der Waals surface area contributed by atoms with Crippen molar-refractivity contribution in [1.29, 1.82) is 0 Å². The third-order valence-electron chi connectivity index (χ3n) is 4.18. The molecule has 0 aromatic heterocycles. The third kappa shape index (κ3) is 2.94. The number of aliphatic hydroxyl groups excluding tert-OH is 1. The van der Waals surface area contributed by atoms with Gasteiger partial charge in [0, 0.05) is 0 Å². The monoisotopic (exact) mass is 250 g/mol. The van der Waals surface area contributed by atoms with Gasteiger partial charge in [0.25, 0.3) is 0 Å². The molecule has 0 aliphatic heterocycles. The molecule has 94 valence electrons. The zero-order valence-corrected chi connectivity index (χ0v) is 9.81. The second kappa shape index (κ2) is 4.25. The van der Waals surface area contributed by atoms with Crippen LogP contribution in [0.15, 0.2) is 0 Å². The summed E-state index contributed by atoms with van der Waals surface area (Å²) in [5, 5.41) is 9.83. The molecule has 0 amide bonds. The van der Waals surface area contributed by atoms with Gasteiger partial charge in [-0.15, -0.1) is 0 Å². The van der Waals surface area contributed by atoms with Gasteiger partial charge in [-0.3, -0.25) is 9.11 Å². The average Bonchev–Trinajstić information content (AvgIpc) is 2.09. The van der Waals surface area contributed by atoms with Gasteiger partial charge in [-0.1, -0.05) is 0 Å². The Kier molecular flexibility index (Phi) is 3.27. The van der Waals surface area contributed by atoms with Gasteiger partial charge in [0.1, 0.15) is 0 Å². The number of hydrogen-bond donors (Lipinski definition) is 3. The molecular formula is C10H18O5S. The highest BCUT2D eigenvalue weighted by atomic mass is 32.3. The highest BCUT2D eigenvalue weighted by Crippen LogP contribution is 2.53. The Balaban J connectivity index is 0.000000168. The minimum absolute atomic E-state index is 0.0859. The van der Waals surface area contributed by atoms with Crippen molar-refractivity contribution in [2.75, 3.05) is 0 Å². The highest BCUT2D eigenvalue weighted by molar-refractivity contribution is 7.79. The van der Waals surface area contributed by atoms with Crippen LogP contribution in [-0.4, -0.2) is 28.7 Å². The van der Waals surface area contributed by atoms with E-state index >= 15 is 0 Å². The van der Waals surface area contributed by atoms with E-state index in [1.165, 1.54) is 32.1 Å². The van der Waals surface area contributed by atoms with E-state index < -0.39 is 10.4 Å². The zero-order valence-electron chi connectivity index (χ0n) is 8.99. The molecule has 0 aromatic carbocycles. The van der Waals surface area contributed by atoms with Crippen molar-refractivity contribution in [3.63, 3.8) is 0 Å². The minimum atomic E-state index is -4.67. The molecule has 0 heterocycles. The van der Waals surface area contributed by atoms with E-state index in [1.54, 1.807) is 0 Å². The molecule has 0 spiro atoms.